The SMILES string of the molecule is CC=C1CC2(O)C=CC1C2. The zero-order valence-corrected chi connectivity index (χ0v) is 6.17. The highest BCUT2D eigenvalue weighted by atomic mass is 16.3. The lowest BCUT2D eigenvalue weighted by Crippen LogP contribution is -2.18. The molecule has 54 valence electrons. The van der Waals surface area contributed by atoms with Crippen molar-refractivity contribution in [1.29, 1.82) is 0 Å². The standard InChI is InChI=1S/C9H12O/c1-2-7-5-9(10)4-3-8(7)6-9/h2-4,8,10H,5-6H2,1H3. The van der Waals surface area contributed by atoms with E-state index in [0.29, 0.717) is 5.92 Å². The molecule has 1 saturated carbocycles. The maximum absolute atomic E-state index is 9.72. The Hall–Kier alpha value is -0.560. The van der Waals surface area contributed by atoms with E-state index in [1.807, 2.05) is 13.0 Å². The van der Waals surface area contributed by atoms with Gasteiger partial charge in [-0.2, -0.15) is 0 Å². The average Bonchev–Trinajstić information content (AvgIpc) is 2.41. The van der Waals surface area contributed by atoms with Crippen LogP contribution in [-0.4, -0.2) is 10.7 Å². The van der Waals surface area contributed by atoms with Crippen molar-refractivity contribution in [1.82, 2.24) is 0 Å². The monoisotopic (exact) mass is 136 g/mol. The van der Waals surface area contributed by atoms with Gasteiger partial charge in [0.05, 0.1) is 5.60 Å². The van der Waals surface area contributed by atoms with Crippen molar-refractivity contribution in [2.45, 2.75) is 25.4 Å². The van der Waals surface area contributed by atoms with Crippen LogP contribution in [0.5, 0.6) is 0 Å². The van der Waals surface area contributed by atoms with Crippen molar-refractivity contribution >= 4 is 0 Å². The van der Waals surface area contributed by atoms with Gasteiger partial charge in [-0.15, -0.1) is 0 Å². The van der Waals surface area contributed by atoms with Crippen LogP contribution in [0.3, 0.4) is 0 Å². The molecule has 0 aliphatic heterocycles. The maximum atomic E-state index is 9.72. The summed E-state index contributed by atoms with van der Waals surface area (Å²) < 4.78 is 0. The molecule has 0 radical (unpaired) electrons. The first-order valence-corrected chi connectivity index (χ1v) is 3.80. The van der Waals surface area contributed by atoms with Crippen LogP contribution in [0.1, 0.15) is 19.8 Å². The molecular formula is C9H12O. The predicted molar refractivity (Wildman–Crippen MR) is 40.6 cm³/mol. The van der Waals surface area contributed by atoms with E-state index in [9.17, 15) is 5.11 Å². The summed E-state index contributed by atoms with van der Waals surface area (Å²) in [5.41, 5.74) is 0.942. The van der Waals surface area contributed by atoms with E-state index >= 15 is 0 Å². The molecule has 0 aromatic carbocycles. The molecule has 0 aromatic heterocycles. The summed E-state index contributed by atoms with van der Waals surface area (Å²) >= 11 is 0. The fourth-order valence-electron chi connectivity index (χ4n) is 2.00. The fraction of sp³-hybridized carbons (Fsp3) is 0.556. The Morgan fingerprint density at radius 1 is 1.80 bits per heavy atom. The van der Waals surface area contributed by atoms with E-state index in [2.05, 4.69) is 12.2 Å². The van der Waals surface area contributed by atoms with Crippen LogP contribution < -0.4 is 0 Å². The van der Waals surface area contributed by atoms with Crippen molar-refractivity contribution < 1.29 is 5.11 Å². The summed E-state index contributed by atoms with van der Waals surface area (Å²) in [6, 6.07) is 0. The van der Waals surface area contributed by atoms with Crippen molar-refractivity contribution in [2.75, 3.05) is 0 Å². The molecule has 1 heteroatoms. The maximum Gasteiger partial charge on any atom is 0.0873 e. The molecule has 0 amide bonds. The molecule has 0 spiro atoms. The third kappa shape index (κ3) is 0.671. The Balaban J connectivity index is 2.35. The molecule has 2 aliphatic rings. The molecule has 10 heavy (non-hydrogen) atoms. The molecular weight excluding hydrogens is 124 g/mol. The Kier molecular flexibility index (Phi) is 1.07. The minimum Gasteiger partial charge on any atom is -0.385 e. The van der Waals surface area contributed by atoms with Crippen molar-refractivity contribution in [3.63, 3.8) is 0 Å². The normalized spacial score (nSPS) is 47.4. The Labute approximate surface area is 61.1 Å². The van der Waals surface area contributed by atoms with Crippen molar-refractivity contribution in [3.8, 4) is 0 Å². The van der Waals surface area contributed by atoms with Crippen molar-refractivity contribution in [2.24, 2.45) is 5.92 Å². The highest BCUT2D eigenvalue weighted by Crippen LogP contribution is 2.45. The molecule has 2 rings (SSSR count). The molecule has 0 saturated heterocycles. The molecule has 0 heterocycles. The number of allylic oxidation sites excluding steroid dienone is 2. The average molecular weight is 136 g/mol. The third-order valence-electron chi connectivity index (χ3n) is 2.57. The first-order valence-electron chi connectivity index (χ1n) is 3.80. The van der Waals surface area contributed by atoms with Gasteiger partial charge in [0.15, 0.2) is 0 Å². The van der Waals surface area contributed by atoms with Gasteiger partial charge in [0, 0.05) is 12.3 Å². The lowest BCUT2D eigenvalue weighted by molar-refractivity contribution is 0.106. The first-order chi connectivity index (χ1) is 4.73. The molecule has 2 aliphatic carbocycles. The number of hydrogen-bond acceptors (Lipinski definition) is 1. The highest BCUT2D eigenvalue weighted by molar-refractivity contribution is 5.33. The fourth-order valence-corrected chi connectivity index (χ4v) is 2.00. The second kappa shape index (κ2) is 1.73. The summed E-state index contributed by atoms with van der Waals surface area (Å²) in [6.07, 6.45) is 7.99. The van der Waals surface area contributed by atoms with Crippen LogP contribution in [0, 0.1) is 5.92 Å². The number of fused-ring (bicyclic) bond motifs is 2. The van der Waals surface area contributed by atoms with E-state index in [1.165, 1.54) is 5.57 Å². The van der Waals surface area contributed by atoms with Crippen LogP contribution >= 0.6 is 0 Å². The molecule has 1 fully saturated rings. The van der Waals surface area contributed by atoms with E-state index < -0.39 is 5.60 Å². The molecule has 2 bridgehead atoms. The van der Waals surface area contributed by atoms with Crippen LogP contribution in [0.25, 0.3) is 0 Å². The Morgan fingerprint density at radius 2 is 2.60 bits per heavy atom. The summed E-state index contributed by atoms with van der Waals surface area (Å²) in [6.45, 7) is 2.05. The van der Waals surface area contributed by atoms with Gasteiger partial charge in [0.1, 0.15) is 0 Å². The van der Waals surface area contributed by atoms with Gasteiger partial charge in [-0.1, -0.05) is 23.8 Å². The lowest BCUT2D eigenvalue weighted by Gasteiger charge is -2.14. The topological polar surface area (TPSA) is 20.2 Å². The van der Waals surface area contributed by atoms with E-state index in [0.717, 1.165) is 12.8 Å². The minimum atomic E-state index is -0.466. The van der Waals surface area contributed by atoms with Crippen molar-refractivity contribution in [3.05, 3.63) is 23.8 Å². The Morgan fingerprint density at radius 3 is 2.90 bits per heavy atom. The van der Waals surface area contributed by atoms with Gasteiger partial charge in [-0.25, -0.2) is 0 Å². The number of rotatable bonds is 0. The van der Waals surface area contributed by atoms with Gasteiger partial charge in [-0.3, -0.25) is 0 Å². The zero-order valence-electron chi connectivity index (χ0n) is 6.17. The summed E-state index contributed by atoms with van der Waals surface area (Å²) in [7, 11) is 0. The zero-order chi connectivity index (χ0) is 7.19. The lowest BCUT2D eigenvalue weighted by atomic mass is 9.99. The largest absolute Gasteiger partial charge is 0.385 e. The molecule has 1 N–H and O–H groups in total. The smallest absolute Gasteiger partial charge is 0.0873 e. The molecule has 1 nitrogen and oxygen atoms in total. The predicted octanol–water partition coefficient (Wildman–Crippen LogP) is 1.64. The minimum absolute atomic E-state index is 0.466. The van der Waals surface area contributed by atoms with Gasteiger partial charge in [0.25, 0.3) is 0 Å². The van der Waals surface area contributed by atoms with E-state index in [4.69, 9.17) is 0 Å². The molecule has 2 atom stereocenters. The van der Waals surface area contributed by atoms with E-state index in [-0.39, 0.29) is 0 Å². The molecule has 2 unspecified atom stereocenters. The molecule has 0 aromatic rings. The van der Waals surface area contributed by atoms with Gasteiger partial charge in [-0.05, 0) is 13.3 Å². The van der Waals surface area contributed by atoms with Crippen LogP contribution in [-0.2, 0) is 0 Å². The second-order valence-electron chi connectivity index (χ2n) is 3.31. The second-order valence-corrected chi connectivity index (χ2v) is 3.31. The summed E-state index contributed by atoms with van der Waals surface area (Å²) in [5.74, 6) is 0.551. The van der Waals surface area contributed by atoms with Gasteiger partial charge >= 0.3 is 0 Å². The first kappa shape index (κ1) is 6.17. The summed E-state index contributed by atoms with van der Waals surface area (Å²) in [4.78, 5) is 0. The Bertz CT molecular complexity index is 215. The van der Waals surface area contributed by atoms with Crippen LogP contribution in [0.2, 0.25) is 0 Å². The van der Waals surface area contributed by atoms with Crippen LogP contribution in [0.4, 0.5) is 0 Å². The van der Waals surface area contributed by atoms with Gasteiger partial charge < -0.3 is 5.11 Å². The van der Waals surface area contributed by atoms with Crippen LogP contribution in [0.15, 0.2) is 23.8 Å². The quantitative estimate of drug-likeness (QED) is 0.502. The van der Waals surface area contributed by atoms with Gasteiger partial charge in [0.2, 0.25) is 0 Å². The third-order valence-corrected chi connectivity index (χ3v) is 2.57. The number of aliphatic hydroxyl groups is 1. The highest BCUT2D eigenvalue weighted by Gasteiger charge is 2.41. The van der Waals surface area contributed by atoms with E-state index in [1.54, 1.807) is 0 Å². The summed E-state index contributed by atoms with van der Waals surface area (Å²) in [5, 5.41) is 9.72. The number of hydrogen-bond donors (Lipinski definition) is 1.